The largest absolute Gasteiger partial charge is 0.444 e. The van der Waals surface area contributed by atoms with Gasteiger partial charge in [-0.1, -0.05) is 72.8 Å². The highest BCUT2D eigenvalue weighted by Gasteiger charge is 2.32. The van der Waals surface area contributed by atoms with E-state index in [-0.39, 0.29) is 18.3 Å². The summed E-state index contributed by atoms with van der Waals surface area (Å²) in [6, 6.07) is 22.2. The van der Waals surface area contributed by atoms with Gasteiger partial charge in [0.05, 0.1) is 6.04 Å². The molecule has 3 aromatic carbocycles. The van der Waals surface area contributed by atoms with Crippen molar-refractivity contribution in [3.63, 3.8) is 0 Å². The maximum atomic E-state index is 13.1. The second kappa shape index (κ2) is 13.3. The Balaban J connectivity index is 1.94. The molecule has 2 N–H and O–H groups in total. The fraction of sp³-hybridized carbons (Fsp3) is 0.367. The molecule has 0 spiro atoms. The predicted octanol–water partition coefficient (Wildman–Crippen LogP) is 4.70. The van der Waals surface area contributed by atoms with Gasteiger partial charge in [-0.15, -0.1) is 11.6 Å². The van der Waals surface area contributed by atoms with Crippen LogP contribution in [0.5, 0.6) is 0 Å². The Labute approximate surface area is 229 Å². The molecule has 0 aromatic heterocycles. The van der Waals surface area contributed by atoms with Gasteiger partial charge in [0.1, 0.15) is 17.5 Å². The third-order valence-corrected chi connectivity index (χ3v) is 6.29. The Morgan fingerprint density at radius 1 is 0.895 bits per heavy atom. The van der Waals surface area contributed by atoms with Crippen LogP contribution in [-0.2, 0) is 27.2 Å². The number of halogens is 1. The van der Waals surface area contributed by atoms with Crippen LogP contribution in [0.25, 0.3) is 10.8 Å². The molecule has 0 aliphatic heterocycles. The van der Waals surface area contributed by atoms with Crippen molar-refractivity contribution in [2.75, 3.05) is 19.5 Å². The van der Waals surface area contributed by atoms with Crippen LogP contribution in [0.15, 0.2) is 72.8 Å². The van der Waals surface area contributed by atoms with Crippen molar-refractivity contribution in [1.82, 2.24) is 15.5 Å². The molecule has 0 aliphatic rings. The highest BCUT2D eigenvalue weighted by molar-refractivity contribution is 6.27. The summed E-state index contributed by atoms with van der Waals surface area (Å²) in [5.74, 6) is -1.00. The van der Waals surface area contributed by atoms with E-state index >= 15 is 0 Å². The normalized spacial score (nSPS) is 12.9. The van der Waals surface area contributed by atoms with Crippen LogP contribution in [0.4, 0.5) is 4.79 Å². The van der Waals surface area contributed by atoms with Crippen molar-refractivity contribution in [1.29, 1.82) is 0 Å². The van der Waals surface area contributed by atoms with Crippen LogP contribution in [0, 0.1) is 0 Å². The topological polar surface area (TPSA) is 87.7 Å². The van der Waals surface area contributed by atoms with Crippen molar-refractivity contribution in [2.45, 2.75) is 51.3 Å². The number of nitrogens with one attached hydrogen (secondary N) is 2. The third-order valence-electron chi connectivity index (χ3n) is 6.07. The lowest BCUT2D eigenvalue weighted by Gasteiger charge is -2.34. The standard InChI is InChI=1S/C30H36ClN3O4/c1-30(2,3)38-29(37)33-25(17-22-14-15-23-12-8-9-13-24(23)16-22)20-34(27(35)19-31)26(28(36)32-4)18-21-10-6-5-7-11-21/h5-16,25-26H,17-20H2,1-4H3,(H,32,36)(H,33,37)/t25-,26-/m1/s1. The summed E-state index contributed by atoms with van der Waals surface area (Å²) < 4.78 is 5.51. The zero-order valence-electron chi connectivity index (χ0n) is 22.4. The van der Waals surface area contributed by atoms with E-state index in [1.165, 1.54) is 11.9 Å². The number of likely N-dealkylation sites (N-methyl/N-ethyl adjacent to an activating group) is 1. The zero-order valence-corrected chi connectivity index (χ0v) is 23.1. The smallest absolute Gasteiger partial charge is 0.407 e. The maximum absolute atomic E-state index is 13.1. The SMILES string of the molecule is CNC(=O)[C@@H](Cc1ccccc1)N(C[C@@H](Cc1ccc2ccccc2c1)NC(=O)OC(C)(C)C)C(=O)CCl. The van der Waals surface area contributed by atoms with Gasteiger partial charge in [0.2, 0.25) is 11.8 Å². The molecule has 0 heterocycles. The molecule has 0 aliphatic carbocycles. The molecule has 0 fully saturated rings. The van der Waals surface area contributed by atoms with Crippen molar-refractivity contribution >= 4 is 40.3 Å². The first-order chi connectivity index (χ1) is 18.1. The second-order valence-corrected chi connectivity index (χ2v) is 10.5. The van der Waals surface area contributed by atoms with Gasteiger partial charge in [0, 0.05) is 20.0 Å². The number of ether oxygens (including phenoxy) is 1. The molecule has 3 rings (SSSR count). The van der Waals surface area contributed by atoms with E-state index in [0.717, 1.165) is 21.9 Å². The average molecular weight is 538 g/mol. The highest BCUT2D eigenvalue weighted by atomic mass is 35.5. The lowest BCUT2D eigenvalue weighted by Crippen LogP contribution is -2.56. The number of fused-ring (bicyclic) bond motifs is 1. The minimum absolute atomic E-state index is 0.0720. The number of nitrogens with zero attached hydrogens (tertiary/aromatic N) is 1. The first-order valence-corrected chi connectivity index (χ1v) is 13.2. The van der Waals surface area contributed by atoms with E-state index in [4.69, 9.17) is 16.3 Å². The summed E-state index contributed by atoms with van der Waals surface area (Å²) >= 11 is 6.01. The van der Waals surface area contributed by atoms with Crippen LogP contribution in [-0.4, -0.2) is 60.0 Å². The molecule has 2 atom stereocenters. The van der Waals surface area contributed by atoms with E-state index in [1.807, 2.05) is 66.7 Å². The van der Waals surface area contributed by atoms with Crippen LogP contribution in [0.2, 0.25) is 0 Å². The lowest BCUT2D eigenvalue weighted by molar-refractivity contribution is -0.138. The monoisotopic (exact) mass is 537 g/mol. The molecule has 0 saturated carbocycles. The van der Waals surface area contributed by atoms with Crippen molar-refractivity contribution < 1.29 is 19.1 Å². The van der Waals surface area contributed by atoms with E-state index < -0.39 is 29.7 Å². The number of benzene rings is 3. The summed E-state index contributed by atoms with van der Waals surface area (Å²) in [6.45, 7) is 5.43. The van der Waals surface area contributed by atoms with Crippen LogP contribution >= 0.6 is 11.6 Å². The Morgan fingerprint density at radius 2 is 1.55 bits per heavy atom. The average Bonchev–Trinajstić information content (AvgIpc) is 2.89. The summed E-state index contributed by atoms with van der Waals surface area (Å²) in [6.07, 6.45) is 0.126. The van der Waals surface area contributed by atoms with Gasteiger partial charge in [-0.05, 0) is 49.1 Å². The van der Waals surface area contributed by atoms with Gasteiger partial charge < -0.3 is 20.3 Å². The molecule has 8 heteroatoms. The molecule has 3 aromatic rings. The predicted molar refractivity (Wildman–Crippen MR) is 151 cm³/mol. The first-order valence-electron chi connectivity index (χ1n) is 12.7. The van der Waals surface area contributed by atoms with Gasteiger partial charge in [0.15, 0.2) is 0 Å². The molecular formula is C30H36ClN3O4. The fourth-order valence-electron chi connectivity index (χ4n) is 4.35. The van der Waals surface area contributed by atoms with Gasteiger partial charge in [-0.25, -0.2) is 4.79 Å². The van der Waals surface area contributed by atoms with E-state index in [1.54, 1.807) is 20.8 Å². The lowest BCUT2D eigenvalue weighted by atomic mass is 9.99. The Morgan fingerprint density at radius 3 is 2.18 bits per heavy atom. The van der Waals surface area contributed by atoms with Crippen molar-refractivity contribution in [2.24, 2.45) is 0 Å². The van der Waals surface area contributed by atoms with Crippen molar-refractivity contribution in [3.8, 4) is 0 Å². The zero-order chi connectivity index (χ0) is 27.7. The molecule has 0 unspecified atom stereocenters. The number of alkyl carbamates (subject to hydrolysis) is 1. The minimum atomic E-state index is -0.812. The second-order valence-electron chi connectivity index (χ2n) is 10.2. The van der Waals surface area contributed by atoms with E-state index in [0.29, 0.717) is 12.8 Å². The van der Waals surface area contributed by atoms with Crippen LogP contribution in [0.1, 0.15) is 31.9 Å². The molecular weight excluding hydrogens is 502 g/mol. The van der Waals surface area contributed by atoms with Gasteiger partial charge >= 0.3 is 6.09 Å². The highest BCUT2D eigenvalue weighted by Crippen LogP contribution is 2.19. The Kier molecular flexibility index (Phi) is 10.1. The molecule has 0 bridgehead atoms. The number of rotatable bonds is 10. The summed E-state index contributed by atoms with van der Waals surface area (Å²) in [5, 5.41) is 7.77. The number of alkyl halides is 1. The summed E-state index contributed by atoms with van der Waals surface area (Å²) in [5.41, 5.74) is 1.18. The van der Waals surface area contributed by atoms with E-state index in [9.17, 15) is 14.4 Å². The number of hydrogen-bond donors (Lipinski definition) is 2. The minimum Gasteiger partial charge on any atom is -0.444 e. The summed E-state index contributed by atoms with van der Waals surface area (Å²) in [4.78, 5) is 40.4. The molecule has 7 nitrogen and oxygen atoms in total. The maximum Gasteiger partial charge on any atom is 0.407 e. The van der Waals surface area contributed by atoms with Gasteiger partial charge in [0.25, 0.3) is 0 Å². The molecule has 202 valence electrons. The summed E-state index contributed by atoms with van der Waals surface area (Å²) in [7, 11) is 1.54. The van der Waals surface area contributed by atoms with E-state index in [2.05, 4.69) is 16.7 Å². The van der Waals surface area contributed by atoms with Crippen LogP contribution < -0.4 is 10.6 Å². The molecule has 3 amide bonds. The number of carbonyl (C=O) groups excluding carboxylic acids is 3. The third kappa shape index (κ3) is 8.48. The first kappa shape index (κ1) is 29.0. The van der Waals surface area contributed by atoms with Crippen molar-refractivity contribution in [3.05, 3.63) is 83.9 Å². The number of hydrogen-bond acceptors (Lipinski definition) is 4. The molecule has 0 saturated heterocycles. The molecule has 0 radical (unpaired) electrons. The number of amides is 3. The molecule has 38 heavy (non-hydrogen) atoms. The fourth-order valence-corrected chi connectivity index (χ4v) is 4.50. The Bertz CT molecular complexity index is 1240. The quantitative estimate of drug-likeness (QED) is 0.367. The van der Waals surface area contributed by atoms with Gasteiger partial charge in [-0.3, -0.25) is 9.59 Å². The van der Waals surface area contributed by atoms with Crippen LogP contribution in [0.3, 0.4) is 0 Å². The Hall–Kier alpha value is -3.58. The number of carbonyl (C=O) groups is 3. The van der Waals surface area contributed by atoms with Gasteiger partial charge in [-0.2, -0.15) is 0 Å².